The maximum Gasteiger partial charge on any atom is 0.407 e. The highest BCUT2D eigenvalue weighted by molar-refractivity contribution is 5.68. The van der Waals surface area contributed by atoms with Crippen molar-refractivity contribution in [2.45, 2.75) is 13.0 Å². The summed E-state index contributed by atoms with van der Waals surface area (Å²) in [6, 6.07) is 9.37. The van der Waals surface area contributed by atoms with Crippen molar-refractivity contribution in [1.29, 1.82) is 0 Å². The Hall–Kier alpha value is -2.30. The zero-order chi connectivity index (χ0) is 13.7. The van der Waals surface area contributed by atoms with Gasteiger partial charge in [0.15, 0.2) is 0 Å². The van der Waals surface area contributed by atoms with Crippen LogP contribution in [0, 0.1) is 0 Å². The fourth-order valence-electron chi connectivity index (χ4n) is 1.89. The smallest absolute Gasteiger partial charge is 0.407 e. The molecule has 1 atom stereocenters. The zero-order valence-corrected chi connectivity index (χ0v) is 11.0. The Balaban J connectivity index is 2.29. The molecule has 2 rings (SSSR count). The minimum absolute atomic E-state index is 0.319. The number of nitrogens with zero attached hydrogens (tertiary/aromatic N) is 2. The van der Waals surface area contributed by atoms with E-state index in [0.717, 1.165) is 11.4 Å². The number of ether oxygens (including phenoxy) is 1. The Labute approximate surface area is 112 Å². The van der Waals surface area contributed by atoms with Crippen LogP contribution in [0.2, 0.25) is 0 Å². The number of amides is 1. The second-order valence-corrected chi connectivity index (χ2v) is 4.10. The Bertz CT molecular complexity index is 537. The van der Waals surface area contributed by atoms with Crippen LogP contribution in [0.25, 0.3) is 0 Å². The van der Waals surface area contributed by atoms with Crippen molar-refractivity contribution in [2.24, 2.45) is 7.05 Å². The van der Waals surface area contributed by atoms with Gasteiger partial charge < -0.3 is 14.6 Å². The summed E-state index contributed by atoms with van der Waals surface area (Å²) in [5.74, 6) is 0.763. The Morgan fingerprint density at radius 3 is 2.74 bits per heavy atom. The summed E-state index contributed by atoms with van der Waals surface area (Å²) in [6.07, 6.45) is 3.11. The standard InChI is InChI=1S/C14H17N3O2/c1-3-19-14(18)16-12(11-7-5-4-6-8-11)13-15-9-10-17(13)2/h4-10,12H,3H2,1-2H3,(H,16,18). The molecule has 5 heteroatoms. The third-order valence-corrected chi connectivity index (χ3v) is 2.79. The first kappa shape index (κ1) is 13.1. The lowest BCUT2D eigenvalue weighted by Gasteiger charge is -2.18. The number of hydrogen-bond acceptors (Lipinski definition) is 3. The van der Waals surface area contributed by atoms with Crippen LogP contribution in [-0.4, -0.2) is 22.3 Å². The second kappa shape index (κ2) is 6.04. The summed E-state index contributed by atoms with van der Waals surface area (Å²) in [6.45, 7) is 2.12. The number of hydrogen-bond donors (Lipinski definition) is 1. The fourth-order valence-corrected chi connectivity index (χ4v) is 1.89. The molecule has 1 unspecified atom stereocenters. The van der Waals surface area contributed by atoms with Gasteiger partial charge in [0.05, 0.1) is 6.61 Å². The average molecular weight is 259 g/mol. The quantitative estimate of drug-likeness (QED) is 0.916. The van der Waals surface area contributed by atoms with E-state index in [-0.39, 0.29) is 6.04 Å². The third kappa shape index (κ3) is 3.13. The molecule has 1 N–H and O–H groups in total. The molecule has 0 spiro atoms. The molecule has 0 radical (unpaired) electrons. The van der Waals surface area contributed by atoms with Gasteiger partial charge in [-0.1, -0.05) is 30.3 Å². The highest BCUT2D eigenvalue weighted by atomic mass is 16.5. The predicted octanol–water partition coefficient (Wildman–Crippen LogP) is 2.26. The van der Waals surface area contributed by atoms with E-state index in [1.54, 1.807) is 13.1 Å². The summed E-state index contributed by atoms with van der Waals surface area (Å²) in [5, 5.41) is 2.83. The van der Waals surface area contributed by atoms with Crippen LogP contribution in [0.5, 0.6) is 0 Å². The number of rotatable bonds is 4. The van der Waals surface area contributed by atoms with E-state index < -0.39 is 6.09 Å². The van der Waals surface area contributed by atoms with E-state index in [2.05, 4.69) is 10.3 Å². The van der Waals surface area contributed by atoms with Crippen LogP contribution in [0.15, 0.2) is 42.7 Å². The van der Waals surface area contributed by atoms with Gasteiger partial charge in [-0.25, -0.2) is 9.78 Å². The lowest BCUT2D eigenvalue weighted by molar-refractivity contribution is 0.149. The number of alkyl carbamates (subject to hydrolysis) is 1. The van der Waals surface area contributed by atoms with E-state index in [9.17, 15) is 4.79 Å². The number of benzene rings is 1. The van der Waals surface area contributed by atoms with Crippen LogP contribution in [0.3, 0.4) is 0 Å². The number of nitrogens with one attached hydrogen (secondary N) is 1. The lowest BCUT2D eigenvalue weighted by Crippen LogP contribution is -2.31. The monoisotopic (exact) mass is 259 g/mol. The molecular weight excluding hydrogens is 242 g/mol. The largest absolute Gasteiger partial charge is 0.450 e. The van der Waals surface area contributed by atoms with Gasteiger partial charge in [-0.2, -0.15) is 0 Å². The van der Waals surface area contributed by atoms with Gasteiger partial charge in [-0.05, 0) is 12.5 Å². The van der Waals surface area contributed by atoms with Crippen LogP contribution < -0.4 is 5.32 Å². The lowest BCUT2D eigenvalue weighted by atomic mass is 10.1. The molecule has 100 valence electrons. The molecule has 0 aliphatic carbocycles. The molecule has 1 amide bonds. The first-order valence-electron chi connectivity index (χ1n) is 6.17. The summed E-state index contributed by atoms with van der Waals surface area (Å²) in [4.78, 5) is 16.0. The van der Waals surface area contributed by atoms with E-state index in [1.165, 1.54) is 0 Å². The molecule has 0 aliphatic heterocycles. The van der Waals surface area contributed by atoms with Crippen molar-refractivity contribution in [3.8, 4) is 0 Å². The number of carbonyl (C=O) groups excluding carboxylic acids is 1. The fraction of sp³-hybridized carbons (Fsp3) is 0.286. The highest BCUT2D eigenvalue weighted by Crippen LogP contribution is 2.20. The number of imidazole rings is 1. The van der Waals surface area contributed by atoms with Crippen LogP contribution in [0.4, 0.5) is 4.79 Å². The van der Waals surface area contributed by atoms with E-state index >= 15 is 0 Å². The molecule has 0 saturated heterocycles. The zero-order valence-electron chi connectivity index (χ0n) is 11.0. The van der Waals surface area contributed by atoms with Gasteiger partial charge in [0.25, 0.3) is 0 Å². The Morgan fingerprint density at radius 2 is 2.16 bits per heavy atom. The Kier molecular flexibility index (Phi) is 4.18. The summed E-state index contributed by atoms with van der Waals surface area (Å²) < 4.78 is 6.82. The van der Waals surface area contributed by atoms with Crippen molar-refractivity contribution < 1.29 is 9.53 Å². The molecule has 0 bridgehead atoms. The van der Waals surface area contributed by atoms with Gasteiger partial charge in [0, 0.05) is 19.4 Å². The van der Waals surface area contributed by atoms with E-state index in [1.807, 2.05) is 48.1 Å². The predicted molar refractivity (Wildman–Crippen MR) is 71.7 cm³/mol. The van der Waals surface area contributed by atoms with E-state index in [0.29, 0.717) is 6.61 Å². The molecule has 1 aromatic carbocycles. The minimum atomic E-state index is -0.445. The summed E-state index contributed by atoms with van der Waals surface area (Å²) in [5.41, 5.74) is 0.963. The normalized spacial score (nSPS) is 11.9. The third-order valence-electron chi connectivity index (χ3n) is 2.79. The molecule has 2 aromatic rings. The number of aromatic nitrogens is 2. The maximum absolute atomic E-state index is 11.7. The highest BCUT2D eigenvalue weighted by Gasteiger charge is 2.20. The maximum atomic E-state index is 11.7. The summed E-state index contributed by atoms with van der Waals surface area (Å²) >= 11 is 0. The van der Waals surface area contributed by atoms with Crippen LogP contribution in [0.1, 0.15) is 24.4 Å². The van der Waals surface area contributed by atoms with E-state index in [4.69, 9.17) is 4.74 Å². The van der Waals surface area contributed by atoms with Gasteiger partial charge in [-0.15, -0.1) is 0 Å². The van der Waals surface area contributed by atoms with Gasteiger partial charge in [0.2, 0.25) is 0 Å². The molecule has 1 aromatic heterocycles. The van der Waals surface area contributed by atoms with Crippen molar-refractivity contribution in [1.82, 2.24) is 14.9 Å². The van der Waals surface area contributed by atoms with Crippen LogP contribution >= 0.6 is 0 Å². The topological polar surface area (TPSA) is 56.1 Å². The average Bonchev–Trinajstić information content (AvgIpc) is 2.83. The molecule has 0 aliphatic rings. The van der Waals surface area contributed by atoms with Gasteiger partial charge in [-0.3, -0.25) is 0 Å². The SMILES string of the molecule is CCOC(=O)NC(c1ccccc1)c1nccn1C. The minimum Gasteiger partial charge on any atom is -0.450 e. The van der Waals surface area contributed by atoms with Gasteiger partial charge >= 0.3 is 6.09 Å². The van der Waals surface area contributed by atoms with Crippen molar-refractivity contribution in [2.75, 3.05) is 6.61 Å². The first-order valence-corrected chi connectivity index (χ1v) is 6.17. The second-order valence-electron chi connectivity index (χ2n) is 4.10. The van der Waals surface area contributed by atoms with Gasteiger partial charge in [0.1, 0.15) is 11.9 Å². The summed E-state index contributed by atoms with van der Waals surface area (Å²) in [7, 11) is 1.89. The first-order chi connectivity index (χ1) is 9.22. The number of aryl methyl sites for hydroxylation is 1. The van der Waals surface area contributed by atoms with Crippen LogP contribution in [-0.2, 0) is 11.8 Å². The molecule has 19 heavy (non-hydrogen) atoms. The van der Waals surface area contributed by atoms with Crippen molar-refractivity contribution >= 4 is 6.09 Å². The molecule has 1 heterocycles. The van der Waals surface area contributed by atoms with Crippen molar-refractivity contribution in [3.63, 3.8) is 0 Å². The molecule has 5 nitrogen and oxygen atoms in total. The Morgan fingerprint density at radius 1 is 1.42 bits per heavy atom. The molecular formula is C14H17N3O2. The van der Waals surface area contributed by atoms with Crippen molar-refractivity contribution in [3.05, 3.63) is 54.1 Å². The molecule has 0 fully saturated rings. The number of carbonyl (C=O) groups is 1. The molecule has 0 saturated carbocycles.